The van der Waals surface area contributed by atoms with Crippen molar-refractivity contribution < 1.29 is 23.9 Å². The number of hydrazine groups is 1. The molecule has 1 aliphatic rings. The molecule has 2 N–H and O–H groups in total. The van der Waals surface area contributed by atoms with Crippen molar-refractivity contribution in [3.8, 4) is 0 Å². The average molecular weight is 393 g/mol. The van der Waals surface area contributed by atoms with Crippen LogP contribution < -0.4 is 15.8 Å². The first-order valence-electron chi connectivity index (χ1n) is 8.87. The number of nitrogens with one attached hydrogen (secondary N) is 2. The first-order chi connectivity index (χ1) is 14.0. The smallest absolute Gasteiger partial charge is 0.356 e. The Hall–Kier alpha value is -3.94. The minimum absolute atomic E-state index is 0.0184. The molecule has 3 rings (SSSR count). The maximum Gasteiger partial charge on any atom is 0.356 e. The van der Waals surface area contributed by atoms with Crippen LogP contribution in [0.4, 0.5) is 11.4 Å². The molecule has 8 heteroatoms. The monoisotopic (exact) mass is 393 g/mol. The van der Waals surface area contributed by atoms with E-state index < -0.39 is 18.5 Å². The third-order valence-corrected chi connectivity index (χ3v) is 4.11. The predicted molar refractivity (Wildman–Crippen MR) is 106 cm³/mol. The first kappa shape index (κ1) is 19.8. The minimum Gasteiger partial charge on any atom is -0.451 e. The zero-order chi connectivity index (χ0) is 20.8. The summed E-state index contributed by atoms with van der Waals surface area (Å²) in [7, 11) is 0. The molecule has 1 heterocycles. The normalized spacial score (nSPS) is 13.2. The summed E-state index contributed by atoms with van der Waals surface area (Å²) in [6, 6.07) is 15.3. The Labute approximate surface area is 167 Å². The molecule has 2 aromatic carbocycles. The van der Waals surface area contributed by atoms with Crippen molar-refractivity contribution in [3.63, 3.8) is 0 Å². The van der Waals surface area contributed by atoms with E-state index >= 15 is 0 Å². The van der Waals surface area contributed by atoms with Crippen molar-refractivity contribution in [2.24, 2.45) is 0 Å². The van der Waals surface area contributed by atoms with Crippen molar-refractivity contribution in [2.45, 2.75) is 13.3 Å². The molecule has 148 valence electrons. The second kappa shape index (κ2) is 8.83. The summed E-state index contributed by atoms with van der Waals surface area (Å²) in [4.78, 5) is 48.1. The van der Waals surface area contributed by atoms with Crippen molar-refractivity contribution in [3.05, 3.63) is 71.9 Å². The number of ketones is 1. The molecule has 29 heavy (non-hydrogen) atoms. The standard InChI is InChI=1S/C21H19N3O5/c1-14(25)16-9-5-6-10-17(16)22-19(26)13-29-21(28)18-11-12-20(27)24(23-18)15-7-3-2-4-8-15/h2-11,23H,12-13H2,1H3,(H,22,26). The number of rotatable bonds is 6. The summed E-state index contributed by atoms with van der Waals surface area (Å²) < 4.78 is 5.03. The molecule has 2 aromatic rings. The Morgan fingerprint density at radius 2 is 1.76 bits per heavy atom. The van der Waals surface area contributed by atoms with Crippen LogP contribution in [0.2, 0.25) is 0 Å². The van der Waals surface area contributed by atoms with Gasteiger partial charge >= 0.3 is 5.97 Å². The number of esters is 1. The van der Waals surface area contributed by atoms with Gasteiger partial charge in [0.15, 0.2) is 12.4 Å². The molecular weight excluding hydrogens is 374 g/mol. The molecule has 0 saturated carbocycles. The van der Waals surface area contributed by atoms with Gasteiger partial charge in [-0.05, 0) is 37.3 Å². The van der Waals surface area contributed by atoms with Crippen molar-refractivity contribution in [2.75, 3.05) is 16.9 Å². The Balaban J connectivity index is 1.59. The zero-order valence-electron chi connectivity index (χ0n) is 15.7. The molecule has 0 aliphatic carbocycles. The maximum atomic E-state index is 12.3. The number of carbonyl (C=O) groups is 4. The molecule has 0 atom stereocenters. The van der Waals surface area contributed by atoms with Crippen LogP contribution in [0.15, 0.2) is 66.4 Å². The number of para-hydroxylation sites is 2. The lowest BCUT2D eigenvalue weighted by atomic mass is 10.1. The maximum absolute atomic E-state index is 12.3. The third kappa shape index (κ3) is 4.86. The molecule has 1 aliphatic heterocycles. The van der Waals surface area contributed by atoms with Gasteiger partial charge in [0.2, 0.25) is 5.91 Å². The summed E-state index contributed by atoms with van der Waals surface area (Å²) in [5.41, 5.74) is 4.06. The first-order valence-corrected chi connectivity index (χ1v) is 8.87. The van der Waals surface area contributed by atoms with Crippen LogP contribution in [0.3, 0.4) is 0 Å². The number of ether oxygens (including phenoxy) is 1. The van der Waals surface area contributed by atoms with Gasteiger partial charge in [-0.15, -0.1) is 0 Å². The molecule has 0 saturated heterocycles. The number of Topliss-reactive ketones (excluding diaryl/α,β-unsaturated/α-hetero) is 1. The summed E-state index contributed by atoms with van der Waals surface area (Å²) in [6.45, 7) is 0.857. The molecule has 8 nitrogen and oxygen atoms in total. The van der Waals surface area contributed by atoms with E-state index in [-0.39, 0.29) is 23.8 Å². The summed E-state index contributed by atoms with van der Waals surface area (Å²) in [5.74, 6) is -1.78. The van der Waals surface area contributed by atoms with Gasteiger partial charge in [0.25, 0.3) is 5.91 Å². The van der Waals surface area contributed by atoms with E-state index in [0.29, 0.717) is 16.9 Å². The molecule has 0 fully saturated rings. The van der Waals surface area contributed by atoms with E-state index in [2.05, 4.69) is 10.7 Å². The Morgan fingerprint density at radius 1 is 1.07 bits per heavy atom. The third-order valence-electron chi connectivity index (χ3n) is 4.11. The largest absolute Gasteiger partial charge is 0.451 e. The van der Waals surface area contributed by atoms with E-state index in [1.54, 1.807) is 48.5 Å². The minimum atomic E-state index is -0.770. The Bertz CT molecular complexity index is 985. The van der Waals surface area contributed by atoms with Crippen LogP contribution >= 0.6 is 0 Å². The van der Waals surface area contributed by atoms with Gasteiger partial charge in [-0.25, -0.2) is 9.80 Å². The van der Waals surface area contributed by atoms with Gasteiger partial charge < -0.3 is 10.1 Å². The number of benzene rings is 2. The van der Waals surface area contributed by atoms with Gasteiger partial charge in [0.05, 0.1) is 11.4 Å². The van der Waals surface area contributed by atoms with Gasteiger partial charge in [0, 0.05) is 12.0 Å². The molecular formula is C21H19N3O5. The number of nitrogens with zero attached hydrogens (tertiary/aromatic N) is 1. The number of amides is 2. The van der Waals surface area contributed by atoms with Crippen molar-refractivity contribution >= 4 is 34.9 Å². The fourth-order valence-corrected chi connectivity index (χ4v) is 2.72. The average Bonchev–Trinajstić information content (AvgIpc) is 2.73. The zero-order valence-corrected chi connectivity index (χ0v) is 15.7. The van der Waals surface area contributed by atoms with E-state index in [4.69, 9.17) is 4.74 Å². The van der Waals surface area contributed by atoms with Crippen LogP contribution in [0, 0.1) is 0 Å². The van der Waals surface area contributed by atoms with E-state index in [0.717, 1.165) is 0 Å². The van der Waals surface area contributed by atoms with Gasteiger partial charge in [0.1, 0.15) is 5.70 Å². The van der Waals surface area contributed by atoms with Gasteiger partial charge in [-0.2, -0.15) is 0 Å². The fraction of sp³-hybridized carbons (Fsp3) is 0.143. The van der Waals surface area contributed by atoms with Crippen LogP contribution in [-0.4, -0.2) is 30.2 Å². The summed E-state index contributed by atoms with van der Waals surface area (Å²) >= 11 is 0. The highest BCUT2D eigenvalue weighted by Crippen LogP contribution is 2.18. The van der Waals surface area contributed by atoms with Crippen LogP contribution in [0.1, 0.15) is 23.7 Å². The van der Waals surface area contributed by atoms with Crippen LogP contribution in [0.25, 0.3) is 0 Å². The number of anilines is 2. The SMILES string of the molecule is CC(=O)c1ccccc1NC(=O)COC(=O)C1=CCC(=O)N(c2ccccc2)N1. The number of carbonyl (C=O) groups excluding carboxylic acids is 4. The highest BCUT2D eigenvalue weighted by Gasteiger charge is 2.25. The second-order valence-electron chi connectivity index (χ2n) is 6.22. The van der Waals surface area contributed by atoms with Gasteiger partial charge in [-0.3, -0.25) is 19.8 Å². The number of hydrogen-bond acceptors (Lipinski definition) is 6. The lowest BCUT2D eigenvalue weighted by Gasteiger charge is -2.28. The Morgan fingerprint density at radius 3 is 2.48 bits per heavy atom. The topological polar surface area (TPSA) is 105 Å². The fourth-order valence-electron chi connectivity index (χ4n) is 2.72. The highest BCUT2D eigenvalue weighted by atomic mass is 16.5. The lowest BCUT2D eigenvalue weighted by Crippen LogP contribution is -2.47. The van der Waals surface area contributed by atoms with Gasteiger partial charge in [-0.1, -0.05) is 30.3 Å². The van der Waals surface area contributed by atoms with Crippen molar-refractivity contribution in [1.82, 2.24) is 5.43 Å². The van der Waals surface area contributed by atoms with E-state index in [1.165, 1.54) is 18.0 Å². The summed E-state index contributed by atoms with van der Waals surface area (Å²) in [6.07, 6.45) is 1.43. The number of hydrogen-bond donors (Lipinski definition) is 2. The summed E-state index contributed by atoms with van der Waals surface area (Å²) in [5, 5.41) is 3.80. The van der Waals surface area contributed by atoms with Crippen LogP contribution in [-0.2, 0) is 19.1 Å². The molecule has 0 bridgehead atoms. The molecule has 0 unspecified atom stereocenters. The quantitative estimate of drug-likeness (QED) is 0.576. The van der Waals surface area contributed by atoms with Crippen molar-refractivity contribution in [1.29, 1.82) is 0 Å². The molecule has 2 amide bonds. The lowest BCUT2D eigenvalue weighted by molar-refractivity contribution is -0.143. The second-order valence-corrected chi connectivity index (χ2v) is 6.22. The Kier molecular flexibility index (Phi) is 6.03. The predicted octanol–water partition coefficient (Wildman–Crippen LogP) is 2.20. The molecule has 0 radical (unpaired) electrons. The van der Waals surface area contributed by atoms with E-state index in [9.17, 15) is 19.2 Å². The molecule has 0 aromatic heterocycles. The highest BCUT2D eigenvalue weighted by molar-refractivity contribution is 6.04. The van der Waals surface area contributed by atoms with Crippen LogP contribution in [0.5, 0.6) is 0 Å². The molecule has 0 spiro atoms. The van der Waals surface area contributed by atoms with E-state index in [1.807, 2.05) is 6.07 Å².